The first kappa shape index (κ1) is 16.7. The molecule has 0 spiro atoms. The van der Waals surface area contributed by atoms with E-state index in [1.54, 1.807) is 0 Å². The van der Waals surface area contributed by atoms with E-state index in [9.17, 15) is 0 Å². The van der Waals surface area contributed by atoms with E-state index in [0.29, 0.717) is 0 Å². The van der Waals surface area contributed by atoms with E-state index in [4.69, 9.17) is 0 Å². The Labute approximate surface area is 136 Å². The predicted molar refractivity (Wildman–Crippen MR) is 95.1 cm³/mol. The third-order valence-corrected chi connectivity index (χ3v) is 5.22. The van der Waals surface area contributed by atoms with Crippen LogP contribution in [0.5, 0.6) is 0 Å². The van der Waals surface area contributed by atoms with Crippen LogP contribution < -0.4 is 10.6 Å². The summed E-state index contributed by atoms with van der Waals surface area (Å²) in [5, 5.41) is 11.3. The first-order valence-corrected chi connectivity index (χ1v) is 9.67. The van der Waals surface area contributed by atoms with E-state index in [2.05, 4.69) is 45.7 Å². The Morgan fingerprint density at radius 1 is 0.667 bits per heavy atom. The number of rotatable bonds is 12. The second-order valence-electron chi connectivity index (χ2n) is 5.28. The van der Waals surface area contributed by atoms with Gasteiger partial charge >= 0.3 is 0 Å². The van der Waals surface area contributed by atoms with Gasteiger partial charge in [-0.2, -0.15) is 0 Å². The van der Waals surface area contributed by atoms with E-state index < -0.39 is 0 Å². The number of nitrogens with one attached hydrogen (secondary N) is 2. The van der Waals surface area contributed by atoms with Crippen molar-refractivity contribution in [1.29, 1.82) is 0 Å². The zero-order valence-electron chi connectivity index (χ0n) is 12.6. The lowest BCUT2D eigenvalue weighted by Crippen LogP contribution is -2.14. The van der Waals surface area contributed by atoms with Crippen molar-refractivity contribution in [3.63, 3.8) is 0 Å². The molecule has 0 aliphatic rings. The molecule has 0 fully saturated rings. The van der Waals surface area contributed by atoms with Gasteiger partial charge in [-0.25, -0.2) is 0 Å². The van der Waals surface area contributed by atoms with Crippen molar-refractivity contribution in [2.75, 3.05) is 13.1 Å². The van der Waals surface area contributed by atoms with Gasteiger partial charge in [0.25, 0.3) is 0 Å². The van der Waals surface area contributed by atoms with Crippen LogP contribution in [0.25, 0.3) is 0 Å². The lowest BCUT2D eigenvalue weighted by Gasteiger charge is -2.05. The molecule has 2 heterocycles. The van der Waals surface area contributed by atoms with E-state index in [1.807, 2.05) is 22.7 Å². The zero-order chi connectivity index (χ0) is 14.6. The molecule has 0 saturated heterocycles. The Bertz CT molecular complexity index is 395. The van der Waals surface area contributed by atoms with E-state index in [0.717, 1.165) is 26.2 Å². The molecular formula is C17H26N2S2. The second-order valence-corrected chi connectivity index (χ2v) is 7.34. The van der Waals surface area contributed by atoms with E-state index in [-0.39, 0.29) is 0 Å². The largest absolute Gasteiger partial charge is 0.312 e. The molecule has 2 aromatic heterocycles. The van der Waals surface area contributed by atoms with Gasteiger partial charge in [-0.1, -0.05) is 31.4 Å². The maximum Gasteiger partial charge on any atom is 0.0299 e. The molecule has 0 atom stereocenters. The molecule has 2 nitrogen and oxygen atoms in total. The van der Waals surface area contributed by atoms with Crippen LogP contribution in [0.3, 0.4) is 0 Å². The molecule has 2 aromatic rings. The molecule has 0 aliphatic heterocycles. The maximum absolute atomic E-state index is 3.51. The summed E-state index contributed by atoms with van der Waals surface area (Å²) in [7, 11) is 0. The van der Waals surface area contributed by atoms with Gasteiger partial charge in [0.1, 0.15) is 0 Å². The average molecular weight is 323 g/mol. The molecule has 0 radical (unpaired) electrons. The Hall–Kier alpha value is -0.680. The van der Waals surface area contributed by atoms with Gasteiger partial charge in [-0.15, -0.1) is 22.7 Å². The van der Waals surface area contributed by atoms with Crippen molar-refractivity contribution in [3.8, 4) is 0 Å². The molecule has 0 amide bonds. The maximum atomic E-state index is 3.51. The average Bonchev–Trinajstić information content (AvgIpc) is 3.18. The number of thiophene rings is 2. The molecular weight excluding hydrogens is 296 g/mol. The summed E-state index contributed by atoms with van der Waals surface area (Å²) in [6.45, 7) is 4.36. The second kappa shape index (κ2) is 11.0. The summed E-state index contributed by atoms with van der Waals surface area (Å²) >= 11 is 3.67. The van der Waals surface area contributed by atoms with Crippen LogP contribution in [0.4, 0.5) is 0 Å². The van der Waals surface area contributed by atoms with Gasteiger partial charge in [-0.3, -0.25) is 0 Å². The SMILES string of the molecule is c1csc(CNCCCCCCCNCc2cccs2)c1. The van der Waals surface area contributed by atoms with Gasteiger partial charge in [0.15, 0.2) is 0 Å². The summed E-state index contributed by atoms with van der Waals surface area (Å²) in [4.78, 5) is 2.87. The van der Waals surface area contributed by atoms with Gasteiger partial charge in [0.05, 0.1) is 0 Å². The molecule has 0 unspecified atom stereocenters. The quantitative estimate of drug-likeness (QED) is 0.556. The molecule has 116 valence electrons. The first-order valence-electron chi connectivity index (χ1n) is 7.91. The van der Waals surface area contributed by atoms with Crippen molar-refractivity contribution in [1.82, 2.24) is 10.6 Å². The summed E-state index contributed by atoms with van der Waals surface area (Å²) in [6, 6.07) is 8.63. The number of unbranched alkanes of at least 4 members (excludes halogenated alkanes) is 4. The molecule has 0 bridgehead atoms. The van der Waals surface area contributed by atoms with Gasteiger partial charge in [0, 0.05) is 22.8 Å². The van der Waals surface area contributed by atoms with Gasteiger partial charge in [0.2, 0.25) is 0 Å². The first-order chi connectivity index (χ1) is 10.4. The summed E-state index contributed by atoms with van der Waals surface area (Å²) < 4.78 is 0. The Kier molecular flexibility index (Phi) is 8.71. The van der Waals surface area contributed by atoms with Crippen molar-refractivity contribution in [3.05, 3.63) is 44.8 Å². The van der Waals surface area contributed by atoms with E-state index >= 15 is 0 Å². The van der Waals surface area contributed by atoms with Crippen molar-refractivity contribution in [2.45, 2.75) is 45.2 Å². The molecule has 0 saturated carbocycles. The fourth-order valence-electron chi connectivity index (χ4n) is 2.28. The fraction of sp³-hybridized carbons (Fsp3) is 0.529. The minimum Gasteiger partial charge on any atom is -0.312 e. The highest BCUT2D eigenvalue weighted by Crippen LogP contribution is 2.08. The van der Waals surface area contributed by atoms with Crippen LogP contribution in [0.15, 0.2) is 35.0 Å². The third kappa shape index (κ3) is 7.77. The van der Waals surface area contributed by atoms with Crippen LogP contribution in [0, 0.1) is 0 Å². The minimum absolute atomic E-state index is 1.03. The predicted octanol–water partition coefficient (Wildman–Crippen LogP) is 4.64. The number of hydrogen-bond acceptors (Lipinski definition) is 4. The summed E-state index contributed by atoms with van der Waals surface area (Å²) in [5.74, 6) is 0. The minimum atomic E-state index is 1.03. The molecule has 2 rings (SSSR count). The Morgan fingerprint density at radius 2 is 1.14 bits per heavy atom. The third-order valence-electron chi connectivity index (χ3n) is 3.47. The fourth-order valence-corrected chi connectivity index (χ4v) is 3.63. The smallest absolute Gasteiger partial charge is 0.0299 e. The van der Waals surface area contributed by atoms with Gasteiger partial charge < -0.3 is 10.6 Å². The normalized spacial score (nSPS) is 11.0. The van der Waals surface area contributed by atoms with Crippen molar-refractivity contribution >= 4 is 22.7 Å². The van der Waals surface area contributed by atoms with Crippen LogP contribution >= 0.6 is 22.7 Å². The highest BCUT2D eigenvalue weighted by Gasteiger charge is 1.95. The Balaban J connectivity index is 1.31. The van der Waals surface area contributed by atoms with Crippen molar-refractivity contribution < 1.29 is 0 Å². The van der Waals surface area contributed by atoms with E-state index in [1.165, 1.54) is 41.9 Å². The Morgan fingerprint density at radius 3 is 1.57 bits per heavy atom. The standard InChI is InChI=1S/C17H26N2S2/c1(2-4-10-18-14-16-8-6-12-20-16)3-5-11-19-15-17-9-7-13-21-17/h6-9,12-13,18-19H,1-5,10-11,14-15H2. The number of hydrogen-bond donors (Lipinski definition) is 2. The molecule has 21 heavy (non-hydrogen) atoms. The molecule has 0 aromatic carbocycles. The van der Waals surface area contributed by atoms with Crippen molar-refractivity contribution in [2.24, 2.45) is 0 Å². The van der Waals surface area contributed by atoms with Crippen LogP contribution in [-0.2, 0) is 13.1 Å². The highest BCUT2D eigenvalue weighted by molar-refractivity contribution is 7.10. The molecule has 2 N–H and O–H groups in total. The molecule has 4 heteroatoms. The monoisotopic (exact) mass is 322 g/mol. The van der Waals surface area contributed by atoms with Crippen LogP contribution in [-0.4, -0.2) is 13.1 Å². The lowest BCUT2D eigenvalue weighted by molar-refractivity contribution is 0.557. The zero-order valence-corrected chi connectivity index (χ0v) is 14.3. The van der Waals surface area contributed by atoms with Gasteiger partial charge in [-0.05, 0) is 48.8 Å². The summed E-state index contributed by atoms with van der Waals surface area (Å²) in [6.07, 6.45) is 6.66. The van der Waals surface area contributed by atoms with Crippen LogP contribution in [0.1, 0.15) is 41.9 Å². The van der Waals surface area contributed by atoms with Crippen LogP contribution in [0.2, 0.25) is 0 Å². The molecule has 0 aliphatic carbocycles. The highest BCUT2D eigenvalue weighted by atomic mass is 32.1. The topological polar surface area (TPSA) is 24.1 Å². The summed E-state index contributed by atoms with van der Waals surface area (Å²) in [5.41, 5.74) is 0. The lowest BCUT2D eigenvalue weighted by atomic mass is 10.1.